The molecule has 0 saturated carbocycles. The molecular weight excluding hydrogens is 392 g/mol. The number of hydrogen-bond donors (Lipinski definition) is 3. The highest BCUT2D eigenvalue weighted by Gasteiger charge is 2.48. The molecule has 8 atom stereocenters. The Labute approximate surface area is 170 Å². The van der Waals surface area contributed by atoms with Gasteiger partial charge in [0.25, 0.3) is 0 Å². The number of thioether (sulfide) groups is 1. The van der Waals surface area contributed by atoms with Crippen LogP contribution in [0.3, 0.4) is 0 Å². The van der Waals surface area contributed by atoms with Gasteiger partial charge in [0.05, 0.1) is 17.5 Å². The summed E-state index contributed by atoms with van der Waals surface area (Å²) in [6, 6.07) is -1.06. The number of aliphatic hydroxyl groups excluding tert-OH is 2. The summed E-state index contributed by atoms with van der Waals surface area (Å²) in [6.45, 7) is 4.67. The summed E-state index contributed by atoms with van der Waals surface area (Å²) in [7, 11) is 1.92. The van der Waals surface area contributed by atoms with Crippen LogP contribution in [0.4, 0.5) is 0 Å². The molecule has 2 heterocycles. The molecule has 2 saturated heterocycles. The molecular formula is C18H31ClN2O5S. The van der Waals surface area contributed by atoms with Gasteiger partial charge in [0, 0.05) is 6.54 Å². The normalized spacial score (nSPS) is 37.2. The molecule has 0 aromatic heterocycles. The molecule has 27 heavy (non-hydrogen) atoms. The number of nitrogens with zero attached hydrogens (tertiary/aromatic N) is 1. The predicted molar refractivity (Wildman–Crippen MR) is 106 cm³/mol. The zero-order valence-electron chi connectivity index (χ0n) is 16.3. The molecule has 0 bridgehead atoms. The summed E-state index contributed by atoms with van der Waals surface area (Å²) < 4.78 is 5.69. The number of aliphatic hydroxyl groups is 2. The van der Waals surface area contributed by atoms with Crippen molar-refractivity contribution in [2.24, 2.45) is 5.92 Å². The number of amides is 1. The number of ether oxygens (including phenoxy) is 1. The molecule has 2 aliphatic rings. The lowest BCUT2D eigenvalue weighted by atomic mass is 9.94. The van der Waals surface area contributed by atoms with Gasteiger partial charge in [-0.15, -0.1) is 23.4 Å². The number of ketones is 1. The number of likely N-dealkylation sites (tertiary alicyclic amines) is 1. The van der Waals surface area contributed by atoms with Crippen molar-refractivity contribution in [2.45, 2.75) is 74.3 Å². The molecule has 2 aliphatic heterocycles. The van der Waals surface area contributed by atoms with Gasteiger partial charge < -0.3 is 20.3 Å². The number of alkyl halides is 1. The van der Waals surface area contributed by atoms with Gasteiger partial charge in [-0.1, -0.05) is 13.3 Å². The van der Waals surface area contributed by atoms with Gasteiger partial charge in [0.1, 0.15) is 23.7 Å². The van der Waals surface area contributed by atoms with Gasteiger partial charge in [-0.2, -0.15) is 0 Å². The molecule has 2 rings (SSSR count). The smallest absolute Gasteiger partial charge is 0.237 e. The zero-order valence-corrected chi connectivity index (χ0v) is 17.9. The number of Topliss-reactive ketones (excluding diaryl/α,β-unsaturated/α-hetero) is 1. The monoisotopic (exact) mass is 422 g/mol. The topological polar surface area (TPSA) is 99.1 Å². The second-order valence-corrected chi connectivity index (χ2v) is 9.18. The summed E-state index contributed by atoms with van der Waals surface area (Å²) in [4.78, 5) is 27.4. The first-order chi connectivity index (χ1) is 12.7. The van der Waals surface area contributed by atoms with Gasteiger partial charge >= 0.3 is 0 Å². The van der Waals surface area contributed by atoms with E-state index in [1.807, 2.05) is 11.9 Å². The van der Waals surface area contributed by atoms with Crippen LogP contribution < -0.4 is 5.32 Å². The Morgan fingerprint density at radius 2 is 2.15 bits per heavy atom. The van der Waals surface area contributed by atoms with Crippen molar-refractivity contribution in [3.8, 4) is 0 Å². The van der Waals surface area contributed by atoms with E-state index in [9.17, 15) is 19.8 Å². The Hall–Kier alpha value is -0.380. The Morgan fingerprint density at radius 3 is 2.70 bits per heavy atom. The van der Waals surface area contributed by atoms with Crippen LogP contribution in [-0.4, -0.2) is 87.9 Å². The van der Waals surface area contributed by atoms with Gasteiger partial charge in [0.15, 0.2) is 5.78 Å². The number of rotatable bonds is 7. The van der Waals surface area contributed by atoms with Crippen molar-refractivity contribution in [1.82, 2.24) is 10.2 Å². The minimum absolute atomic E-state index is 0.189. The van der Waals surface area contributed by atoms with E-state index >= 15 is 0 Å². The molecule has 9 heteroatoms. The van der Waals surface area contributed by atoms with Crippen molar-refractivity contribution in [3.63, 3.8) is 0 Å². The fraction of sp³-hybridized carbons (Fsp3) is 0.889. The van der Waals surface area contributed by atoms with E-state index in [0.29, 0.717) is 5.92 Å². The number of halogens is 1. The quantitative estimate of drug-likeness (QED) is 0.516. The minimum Gasteiger partial charge on any atom is -0.386 e. The molecule has 0 aliphatic carbocycles. The second-order valence-electron chi connectivity index (χ2n) is 7.56. The summed E-state index contributed by atoms with van der Waals surface area (Å²) in [6.07, 6.45) is 0.679. The van der Waals surface area contributed by atoms with Crippen molar-refractivity contribution >= 4 is 35.1 Å². The molecule has 2 fully saturated rings. The average molecular weight is 423 g/mol. The highest BCUT2D eigenvalue weighted by Crippen LogP contribution is 2.29. The number of carbonyl (C=O) groups is 2. The Balaban J connectivity index is 2.11. The maximum Gasteiger partial charge on any atom is 0.237 e. The van der Waals surface area contributed by atoms with Gasteiger partial charge in [-0.05, 0) is 39.0 Å². The lowest BCUT2D eigenvalue weighted by Gasteiger charge is -2.39. The minimum atomic E-state index is -1.56. The highest BCUT2D eigenvalue weighted by molar-refractivity contribution is 7.99. The van der Waals surface area contributed by atoms with Gasteiger partial charge in [-0.25, -0.2) is 0 Å². The summed E-state index contributed by atoms with van der Waals surface area (Å²) in [5.74, 6) is -0.367. The van der Waals surface area contributed by atoms with Crippen molar-refractivity contribution in [3.05, 3.63) is 0 Å². The van der Waals surface area contributed by atoms with Crippen molar-refractivity contribution < 1.29 is 24.5 Å². The SMILES string of the molecule is CCC[C@@H]1C[C@@H](C(=O)N[C@H]([C@H](C)Cl)[C@H]2O[C@H](SC)[C@H](O)[C@@H](O)C2=O)N(C)C1. The van der Waals surface area contributed by atoms with Crippen LogP contribution in [0.5, 0.6) is 0 Å². The average Bonchev–Trinajstić information content (AvgIpc) is 2.99. The summed E-state index contributed by atoms with van der Waals surface area (Å²) in [5.41, 5.74) is -0.763. The first-order valence-electron chi connectivity index (χ1n) is 9.44. The first kappa shape index (κ1) is 22.9. The van der Waals surface area contributed by atoms with E-state index in [1.54, 1.807) is 13.2 Å². The summed E-state index contributed by atoms with van der Waals surface area (Å²) in [5, 5.41) is 22.3. The van der Waals surface area contributed by atoms with Crippen LogP contribution >= 0.6 is 23.4 Å². The Bertz CT molecular complexity index is 538. The third kappa shape index (κ3) is 5.16. The van der Waals surface area contributed by atoms with Crippen LogP contribution in [-0.2, 0) is 14.3 Å². The Kier molecular flexibility index (Phi) is 8.39. The maximum absolute atomic E-state index is 12.9. The predicted octanol–water partition coefficient (Wildman–Crippen LogP) is 0.598. The molecule has 0 spiro atoms. The highest BCUT2D eigenvalue weighted by atomic mass is 35.5. The molecule has 3 N–H and O–H groups in total. The molecule has 0 aromatic carbocycles. The largest absolute Gasteiger partial charge is 0.386 e. The molecule has 156 valence electrons. The van der Waals surface area contributed by atoms with Crippen LogP contribution in [0.25, 0.3) is 0 Å². The molecule has 0 radical (unpaired) electrons. The number of hydrogen-bond acceptors (Lipinski definition) is 7. The van der Waals surface area contributed by atoms with Crippen LogP contribution in [0, 0.1) is 5.92 Å². The number of carbonyl (C=O) groups excluding carboxylic acids is 2. The number of nitrogens with one attached hydrogen (secondary N) is 1. The van der Waals surface area contributed by atoms with E-state index < -0.39 is 41.0 Å². The Morgan fingerprint density at radius 1 is 1.48 bits per heavy atom. The van der Waals surface area contributed by atoms with E-state index in [-0.39, 0.29) is 11.9 Å². The zero-order chi connectivity index (χ0) is 20.3. The van der Waals surface area contributed by atoms with E-state index in [0.717, 1.165) is 25.8 Å². The standard InChI is InChI=1S/C18H31ClN2O5S/c1-5-6-10-7-11(21(3)8-10)17(25)20-12(9(2)19)16-14(23)13(22)15(24)18(26-16)27-4/h9-13,15-16,18,22,24H,5-8H2,1-4H3,(H,20,25)/t9-,10+,11-,12+,13-,15+,16+,18+/m0/s1. The van der Waals surface area contributed by atoms with Crippen LogP contribution in [0.1, 0.15) is 33.1 Å². The van der Waals surface area contributed by atoms with Crippen molar-refractivity contribution in [1.29, 1.82) is 0 Å². The third-order valence-electron chi connectivity index (χ3n) is 5.45. The lowest BCUT2D eigenvalue weighted by molar-refractivity contribution is -0.172. The fourth-order valence-electron chi connectivity index (χ4n) is 3.96. The van der Waals surface area contributed by atoms with Crippen LogP contribution in [0.15, 0.2) is 0 Å². The molecule has 0 unspecified atom stereocenters. The first-order valence-corrected chi connectivity index (χ1v) is 11.2. The van der Waals surface area contributed by atoms with Gasteiger partial charge in [-0.3, -0.25) is 14.5 Å². The third-order valence-corrected chi connectivity index (χ3v) is 6.58. The van der Waals surface area contributed by atoms with E-state index in [4.69, 9.17) is 16.3 Å². The summed E-state index contributed by atoms with van der Waals surface area (Å²) >= 11 is 7.47. The molecule has 1 amide bonds. The van der Waals surface area contributed by atoms with E-state index in [1.165, 1.54) is 11.8 Å². The van der Waals surface area contributed by atoms with Gasteiger partial charge in [0.2, 0.25) is 5.91 Å². The van der Waals surface area contributed by atoms with Crippen LogP contribution in [0.2, 0.25) is 0 Å². The second kappa shape index (κ2) is 9.89. The van der Waals surface area contributed by atoms with Crippen molar-refractivity contribution in [2.75, 3.05) is 19.8 Å². The number of likely N-dealkylation sites (N-methyl/N-ethyl adjacent to an activating group) is 1. The maximum atomic E-state index is 12.9. The lowest BCUT2D eigenvalue weighted by Crippen LogP contribution is -2.63. The fourth-order valence-corrected chi connectivity index (χ4v) is 4.81. The molecule has 7 nitrogen and oxygen atoms in total. The molecule has 0 aromatic rings. The van der Waals surface area contributed by atoms with E-state index in [2.05, 4.69) is 12.2 Å².